The number of anilines is 1. The predicted molar refractivity (Wildman–Crippen MR) is 116 cm³/mol. The molecule has 4 rings (SSSR count). The van der Waals surface area contributed by atoms with Crippen molar-refractivity contribution < 1.29 is 13.9 Å². The second-order valence-corrected chi connectivity index (χ2v) is 7.62. The summed E-state index contributed by atoms with van der Waals surface area (Å²) in [7, 11) is 1.61. The third kappa shape index (κ3) is 4.43. The largest absolute Gasteiger partial charge is 0.497 e. The average Bonchev–Trinajstić information content (AvgIpc) is 2.82. The Morgan fingerprint density at radius 1 is 1.26 bits per heavy atom. The Morgan fingerprint density at radius 2 is 2.00 bits per heavy atom. The lowest BCUT2D eigenvalue weighted by Gasteiger charge is -2.34. The molecule has 0 bridgehead atoms. The van der Waals surface area contributed by atoms with Gasteiger partial charge < -0.3 is 15.0 Å². The number of amides is 1. The van der Waals surface area contributed by atoms with Gasteiger partial charge in [-0.3, -0.25) is 9.78 Å². The summed E-state index contributed by atoms with van der Waals surface area (Å²) in [6.07, 6.45) is 2.98. The van der Waals surface area contributed by atoms with Crippen LogP contribution < -0.4 is 15.0 Å². The summed E-state index contributed by atoms with van der Waals surface area (Å²) < 4.78 is 18.3. The molecule has 1 fully saturated rings. The first kappa shape index (κ1) is 20.6. The molecular formula is C24H23FN4O2. The van der Waals surface area contributed by atoms with E-state index < -0.39 is 0 Å². The van der Waals surface area contributed by atoms with Crippen LogP contribution in [-0.2, 0) is 11.3 Å². The molecule has 0 radical (unpaired) electrons. The van der Waals surface area contributed by atoms with Gasteiger partial charge in [-0.25, -0.2) is 4.39 Å². The fourth-order valence-corrected chi connectivity index (χ4v) is 4.01. The first-order chi connectivity index (χ1) is 15.1. The first-order valence-electron chi connectivity index (χ1n) is 10.2. The zero-order valence-corrected chi connectivity index (χ0v) is 17.3. The standard InChI is InChI=1S/C24H23FN4O2/c1-31-20-6-7-21-22(12-20)27-15-18(13-26)23(21)29-10-8-17(9-11-29)24(30)28-14-16-2-4-19(25)5-3-16/h2-7,12,15,17H,8-11,14H2,1H3,(H,28,30). The number of halogens is 1. The van der Waals surface area contributed by atoms with Crippen LogP contribution in [0.2, 0.25) is 0 Å². The van der Waals surface area contributed by atoms with E-state index in [1.165, 1.54) is 12.1 Å². The van der Waals surface area contributed by atoms with Crippen molar-refractivity contribution in [3.05, 3.63) is 65.6 Å². The molecule has 2 aromatic carbocycles. The van der Waals surface area contributed by atoms with Crippen molar-refractivity contribution in [2.75, 3.05) is 25.1 Å². The Balaban J connectivity index is 1.44. The van der Waals surface area contributed by atoms with Gasteiger partial charge in [-0.05, 0) is 42.7 Å². The van der Waals surface area contributed by atoms with Crippen LogP contribution in [0.3, 0.4) is 0 Å². The molecule has 1 aliphatic rings. The van der Waals surface area contributed by atoms with Crippen LogP contribution in [-0.4, -0.2) is 31.1 Å². The smallest absolute Gasteiger partial charge is 0.223 e. The average molecular weight is 418 g/mol. The van der Waals surface area contributed by atoms with E-state index in [2.05, 4.69) is 21.3 Å². The lowest BCUT2D eigenvalue weighted by molar-refractivity contribution is -0.125. The van der Waals surface area contributed by atoms with Gasteiger partial charge in [0.2, 0.25) is 5.91 Å². The number of nitriles is 1. The number of methoxy groups -OCH3 is 1. The second-order valence-electron chi connectivity index (χ2n) is 7.62. The number of benzene rings is 2. The lowest BCUT2D eigenvalue weighted by Crippen LogP contribution is -2.40. The van der Waals surface area contributed by atoms with E-state index in [0.717, 1.165) is 22.2 Å². The molecule has 1 amide bonds. The monoisotopic (exact) mass is 418 g/mol. The van der Waals surface area contributed by atoms with Crippen molar-refractivity contribution >= 4 is 22.5 Å². The minimum Gasteiger partial charge on any atom is -0.497 e. The number of nitrogens with zero attached hydrogens (tertiary/aromatic N) is 3. The Hall–Kier alpha value is -3.66. The zero-order chi connectivity index (χ0) is 21.8. The molecule has 0 unspecified atom stereocenters. The van der Waals surface area contributed by atoms with E-state index >= 15 is 0 Å². The normalized spacial score (nSPS) is 14.3. The highest BCUT2D eigenvalue weighted by Gasteiger charge is 2.27. The number of nitrogens with one attached hydrogen (secondary N) is 1. The number of pyridine rings is 1. The van der Waals surface area contributed by atoms with Gasteiger partial charge in [0.05, 0.1) is 23.9 Å². The summed E-state index contributed by atoms with van der Waals surface area (Å²) in [4.78, 5) is 19.2. The molecule has 0 spiro atoms. The SMILES string of the molecule is COc1ccc2c(N3CCC(C(=O)NCc4ccc(F)cc4)CC3)c(C#N)cnc2c1. The molecule has 2 heterocycles. The summed E-state index contributed by atoms with van der Waals surface area (Å²) in [5.41, 5.74) is 3.02. The van der Waals surface area contributed by atoms with Crippen molar-refractivity contribution in [2.24, 2.45) is 5.92 Å². The highest BCUT2D eigenvalue weighted by molar-refractivity contribution is 5.95. The molecule has 7 heteroatoms. The molecule has 0 aliphatic carbocycles. The van der Waals surface area contributed by atoms with Gasteiger partial charge in [-0.2, -0.15) is 5.26 Å². The number of hydrogen-bond acceptors (Lipinski definition) is 5. The molecule has 3 aromatic rings. The van der Waals surface area contributed by atoms with E-state index in [-0.39, 0.29) is 17.6 Å². The number of piperidine rings is 1. The van der Waals surface area contributed by atoms with Gasteiger partial charge in [-0.15, -0.1) is 0 Å². The quantitative estimate of drug-likeness (QED) is 0.682. The Bertz CT molecular complexity index is 1130. The van der Waals surface area contributed by atoms with Crippen LogP contribution in [0.25, 0.3) is 10.9 Å². The van der Waals surface area contributed by atoms with Crippen molar-refractivity contribution in [1.82, 2.24) is 10.3 Å². The maximum atomic E-state index is 13.0. The third-order valence-electron chi connectivity index (χ3n) is 5.73. The van der Waals surface area contributed by atoms with E-state index in [1.54, 1.807) is 25.4 Å². The van der Waals surface area contributed by atoms with Crippen LogP contribution in [0, 0.1) is 23.1 Å². The predicted octanol–water partition coefficient (Wildman–Crippen LogP) is 3.79. The summed E-state index contributed by atoms with van der Waals surface area (Å²) in [5.74, 6) is 0.345. The zero-order valence-electron chi connectivity index (χ0n) is 17.3. The summed E-state index contributed by atoms with van der Waals surface area (Å²) in [6, 6.07) is 14.0. The van der Waals surface area contributed by atoms with Crippen LogP contribution in [0.15, 0.2) is 48.7 Å². The van der Waals surface area contributed by atoms with Crippen molar-refractivity contribution in [2.45, 2.75) is 19.4 Å². The van der Waals surface area contributed by atoms with E-state index in [4.69, 9.17) is 4.74 Å². The Labute approximate surface area is 180 Å². The fraction of sp³-hybridized carbons (Fsp3) is 0.292. The number of carbonyl (C=O) groups is 1. The van der Waals surface area contributed by atoms with Crippen molar-refractivity contribution in [1.29, 1.82) is 5.26 Å². The summed E-state index contributed by atoms with van der Waals surface area (Å²) >= 11 is 0. The molecule has 0 atom stereocenters. The van der Waals surface area contributed by atoms with Gasteiger partial charge in [0, 0.05) is 43.2 Å². The molecule has 1 saturated heterocycles. The van der Waals surface area contributed by atoms with Crippen LogP contribution in [0.5, 0.6) is 5.75 Å². The second kappa shape index (κ2) is 9.00. The molecule has 31 heavy (non-hydrogen) atoms. The van der Waals surface area contributed by atoms with E-state index in [1.807, 2.05) is 18.2 Å². The van der Waals surface area contributed by atoms with E-state index in [0.29, 0.717) is 43.8 Å². The number of ether oxygens (including phenoxy) is 1. The van der Waals surface area contributed by atoms with Gasteiger partial charge in [0.15, 0.2) is 0 Å². The van der Waals surface area contributed by atoms with E-state index in [9.17, 15) is 14.4 Å². The molecule has 1 N–H and O–H groups in total. The van der Waals surface area contributed by atoms with Crippen LogP contribution in [0.4, 0.5) is 10.1 Å². The number of hydrogen-bond donors (Lipinski definition) is 1. The van der Waals surface area contributed by atoms with Gasteiger partial charge in [0.25, 0.3) is 0 Å². The van der Waals surface area contributed by atoms with Crippen LogP contribution >= 0.6 is 0 Å². The summed E-state index contributed by atoms with van der Waals surface area (Å²) in [5, 5.41) is 13.5. The first-order valence-corrected chi connectivity index (χ1v) is 10.2. The number of rotatable bonds is 5. The third-order valence-corrected chi connectivity index (χ3v) is 5.73. The summed E-state index contributed by atoms with van der Waals surface area (Å²) in [6.45, 7) is 1.73. The minimum absolute atomic E-state index is 0.00815. The minimum atomic E-state index is -0.290. The van der Waals surface area contributed by atoms with Crippen molar-refractivity contribution in [3.8, 4) is 11.8 Å². The fourth-order valence-electron chi connectivity index (χ4n) is 4.01. The van der Waals surface area contributed by atoms with Gasteiger partial charge >= 0.3 is 0 Å². The molecule has 158 valence electrons. The highest BCUT2D eigenvalue weighted by atomic mass is 19.1. The van der Waals surface area contributed by atoms with Gasteiger partial charge in [0.1, 0.15) is 17.6 Å². The van der Waals surface area contributed by atoms with Crippen LogP contribution in [0.1, 0.15) is 24.0 Å². The molecular weight excluding hydrogens is 395 g/mol. The number of aromatic nitrogens is 1. The molecule has 0 saturated carbocycles. The van der Waals surface area contributed by atoms with Gasteiger partial charge in [-0.1, -0.05) is 12.1 Å². The maximum Gasteiger partial charge on any atom is 0.223 e. The van der Waals surface area contributed by atoms with Crippen molar-refractivity contribution in [3.63, 3.8) is 0 Å². The molecule has 1 aromatic heterocycles. The maximum absolute atomic E-state index is 13.0. The topological polar surface area (TPSA) is 78.2 Å². The Morgan fingerprint density at radius 3 is 2.68 bits per heavy atom. The Kier molecular flexibility index (Phi) is 5.99. The highest BCUT2D eigenvalue weighted by Crippen LogP contribution is 2.34. The number of carbonyl (C=O) groups excluding carboxylic acids is 1. The molecule has 6 nitrogen and oxygen atoms in total. The lowest BCUT2D eigenvalue weighted by atomic mass is 9.94. The number of fused-ring (bicyclic) bond motifs is 1. The molecule has 1 aliphatic heterocycles.